The maximum absolute atomic E-state index is 12.7. The molecule has 0 spiro atoms. The van der Waals surface area contributed by atoms with Crippen LogP contribution in [0.2, 0.25) is 0 Å². The zero-order chi connectivity index (χ0) is 18.8. The molecule has 1 aliphatic heterocycles. The molecule has 0 radical (unpaired) electrons. The van der Waals surface area contributed by atoms with Gasteiger partial charge in [-0.2, -0.15) is 0 Å². The monoisotopic (exact) mass is 358 g/mol. The Morgan fingerprint density at radius 2 is 1.89 bits per heavy atom. The van der Waals surface area contributed by atoms with Gasteiger partial charge in [0.2, 0.25) is 0 Å². The number of nitrogens with one attached hydrogen (secondary N) is 1. The second kappa shape index (κ2) is 7.19. The number of para-hydroxylation sites is 1. The highest BCUT2D eigenvalue weighted by Gasteiger charge is 2.21. The molecule has 0 saturated carbocycles. The maximum Gasteiger partial charge on any atom is 0.274 e. The van der Waals surface area contributed by atoms with Crippen LogP contribution in [0.5, 0.6) is 0 Å². The van der Waals surface area contributed by atoms with Crippen LogP contribution in [-0.4, -0.2) is 22.4 Å². The minimum absolute atomic E-state index is 0.224. The van der Waals surface area contributed by atoms with Gasteiger partial charge in [-0.3, -0.25) is 4.79 Å². The first-order valence-corrected chi connectivity index (χ1v) is 9.19. The molecular formula is C22H22N4O. The van der Waals surface area contributed by atoms with Gasteiger partial charge >= 0.3 is 0 Å². The summed E-state index contributed by atoms with van der Waals surface area (Å²) in [5, 5.41) is 2.93. The standard InChI is InChI=1S/C22H22N4O/c1-15-7-5-10-18(13-15)25-22(27)19-14-21(24-16(2)23-19)26-12-6-9-17-8-3-4-11-20(17)26/h3-5,7-8,10-11,13-14H,6,9,12H2,1-2H3,(H,25,27). The molecule has 0 unspecified atom stereocenters. The summed E-state index contributed by atoms with van der Waals surface area (Å²) in [5.74, 6) is 1.13. The van der Waals surface area contributed by atoms with Gasteiger partial charge in [-0.1, -0.05) is 30.3 Å². The van der Waals surface area contributed by atoms with Gasteiger partial charge in [0.15, 0.2) is 0 Å². The quantitative estimate of drug-likeness (QED) is 0.752. The summed E-state index contributed by atoms with van der Waals surface area (Å²) < 4.78 is 0. The summed E-state index contributed by atoms with van der Waals surface area (Å²) in [6.07, 6.45) is 2.13. The van der Waals surface area contributed by atoms with Crippen LogP contribution in [0.25, 0.3) is 0 Å². The third-order valence-corrected chi connectivity index (χ3v) is 4.72. The number of benzene rings is 2. The van der Waals surface area contributed by atoms with Crippen LogP contribution in [0.4, 0.5) is 17.2 Å². The molecule has 2 heterocycles. The number of carbonyl (C=O) groups excluding carboxylic acids is 1. The van der Waals surface area contributed by atoms with Crippen LogP contribution in [0.1, 0.15) is 33.9 Å². The van der Waals surface area contributed by atoms with E-state index in [1.165, 1.54) is 5.56 Å². The van der Waals surface area contributed by atoms with E-state index in [0.717, 1.165) is 42.1 Å². The van der Waals surface area contributed by atoms with Crippen molar-refractivity contribution in [3.8, 4) is 0 Å². The average molecular weight is 358 g/mol. The van der Waals surface area contributed by atoms with Gasteiger partial charge in [0.1, 0.15) is 17.3 Å². The lowest BCUT2D eigenvalue weighted by Crippen LogP contribution is -2.26. The van der Waals surface area contributed by atoms with Crippen molar-refractivity contribution in [3.05, 3.63) is 77.2 Å². The van der Waals surface area contributed by atoms with Gasteiger partial charge in [-0.15, -0.1) is 0 Å². The number of hydrogen-bond acceptors (Lipinski definition) is 4. The Bertz CT molecular complexity index is 999. The molecule has 2 aromatic carbocycles. The Labute approximate surface area is 159 Å². The van der Waals surface area contributed by atoms with E-state index in [4.69, 9.17) is 0 Å². The molecular weight excluding hydrogens is 336 g/mol. The first-order chi connectivity index (χ1) is 13.1. The van der Waals surface area contributed by atoms with E-state index in [2.05, 4.69) is 38.4 Å². The molecule has 1 N–H and O–H groups in total. The number of nitrogens with zero attached hydrogens (tertiary/aromatic N) is 3. The summed E-state index contributed by atoms with van der Waals surface area (Å²) in [4.78, 5) is 23.9. The Balaban J connectivity index is 1.65. The summed E-state index contributed by atoms with van der Waals surface area (Å²) in [6, 6.07) is 17.9. The Morgan fingerprint density at radius 1 is 1.04 bits per heavy atom. The second-order valence-corrected chi connectivity index (χ2v) is 6.87. The molecule has 27 heavy (non-hydrogen) atoms. The number of carbonyl (C=O) groups is 1. The predicted octanol–water partition coefficient (Wildman–Crippen LogP) is 4.43. The molecule has 3 aromatic rings. The highest BCUT2D eigenvalue weighted by atomic mass is 16.1. The van der Waals surface area contributed by atoms with Gasteiger partial charge in [-0.05, 0) is 56.0 Å². The number of anilines is 3. The third kappa shape index (κ3) is 3.67. The summed E-state index contributed by atoms with van der Waals surface area (Å²) in [6.45, 7) is 4.70. The normalized spacial score (nSPS) is 13.2. The van der Waals surface area contributed by atoms with Gasteiger partial charge < -0.3 is 10.2 Å². The molecule has 1 amide bonds. The van der Waals surface area contributed by atoms with Gasteiger partial charge in [0.25, 0.3) is 5.91 Å². The number of aryl methyl sites for hydroxylation is 3. The molecule has 4 rings (SSSR count). The topological polar surface area (TPSA) is 58.1 Å². The predicted molar refractivity (Wildman–Crippen MR) is 108 cm³/mol. The summed E-state index contributed by atoms with van der Waals surface area (Å²) in [7, 11) is 0. The first-order valence-electron chi connectivity index (χ1n) is 9.19. The fourth-order valence-electron chi connectivity index (χ4n) is 3.50. The van der Waals surface area contributed by atoms with Crippen molar-refractivity contribution in [2.75, 3.05) is 16.8 Å². The molecule has 136 valence electrons. The van der Waals surface area contributed by atoms with E-state index < -0.39 is 0 Å². The van der Waals surface area contributed by atoms with Gasteiger partial charge in [0, 0.05) is 24.0 Å². The van der Waals surface area contributed by atoms with Crippen LogP contribution < -0.4 is 10.2 Å². The average Bonchev–Trinajstić information content (AvgIpc) is 2.67. The van der Waals surface area contributed by atoms with E-state index >= 15 is 0 Å². The highest BCUT2D eigenvalue weighted by Crippen LogP contribution is 2.32. The number of fused-ring (bicyclic) bond motifs is 1. The van der Waals surface area contributed by atoms with Crippen molar-refractivity contribution in [1.82, 2.24) is 9.97 Å². The second-order valence-electron chi connectivity index (χ2n) is 6.87. The van der Waals surface area contributed by atoms with E-state index in [1.54, 1.807) is 6.07 Å². The van der Waals surface area contributed by atoms with E-state index in [0.29, 0.717) is 11.5 Å². The van der Waals surface area contributed by atoms with Crippen molar-refractivity contribution >= 4 is 23.1 Å². The van der Waals surface area contributed by atoms with Crippen molar-refractivity contribution in [2.24, 2.45) is 0 Å². The molecule has 5 nitrogen and oxygen atoms in total. The van der Waals surface area contributed by atoms with Crippen LogP contribution in [0, 0.1) is 13.8 Å². The molecule has 5 heteroatoms. The molecule has 1 aromatic heterocycles. The lowest BCUT2D eigenvalue weighted by Gasteiger charge is -2.30. The molecule has 0 aliphatic carbocycles. The summed E-state index contributed by atoms with van der Waals surface area (Å²) in [5.41, 5.74) is 4.71. The number of rotatable bonds is 3. The molecule has 0 atom stereocenters. The molecule has 0 saturated heterocycles. The zero-order valence-electron chi connectivity index (χ0n) is 15.6. The number of aromatic nitrogens is 2. The van der Waals surface area contributed by atoms with E-state index in [-0.39, 0.29) is 5.91 Å². The number of amides is 1. The SMILES string of the molecule is Cc1cccc(NC(=O)c2cc(N3CCCc4ccccc43)nc(C)n2)c1. The molecule has 0 bridgehead atoms. The summed E-state index contributed by atoms with van der Waals surface area (Å²) >= 11 is 0. The Hall–Kier alpha value is -3.21. The first kappa shape index (κ1) is 17.2. The zero-order valence-corrected chi connectivity index (χ0v) is 15.6. The maximum atomic E-state index is 12.7. The highest BCUT2D eigenvalue weighted by molar-refractivity contribution is 6.03. The van der Waals surface area contributed by atoms with Crippen LogP contribution in [0.15, 0.2) is 54.6 Å². The number of hydrogen-bond donors (Lipinski definition) is 1. The lowest BCUT2D eigenvalue weighted by molar-refractivity contribution is 0.102. The largest absolute Gasteiger partial charge is 0.326 e. The van der Waals surface area contributed by atoms with E-state index in [9.17, 15) is 4.79 Å². The minimum Gasteiger partial charge on any atom is -0.326 e. The van der Waals surface area contributed by atoms with Crippen LogP contribution >= 0.6 is 0 Å². The van der Waals surface area contributed by atoms with Crippen LogP contribution in [0.3, 0.4) is 0 Å². The molecule has 0 fully saturated rings. The third-order valence-electron chi connectivity index (χ3n) is 4.72. The molecule has 1 aliphatic rings. The fourth-order valence-corrected chi connectivity index (χ4v) is 3.50. The van der Waals surface area contributed by atoms with Crippen molar-refractivity contribution in [2.45, 2.75) is 26.7 Å². The van der Waals surface area contributed by atoms with Crippen molar-refractivity contribution < 1.29 is 4.79 Å². The van der Waals surface area contributed by atoms with Gasteiger partial charge in [0.05, 0.1) is 0 Å². The Kier molecular flexibility index (Phi) is 4.59. The minimum atomic E-state index is -0.224. The van der Waals surface area contributed by atoms with Crippen molar-refractivity contribution in [1.29, 1.82) is 0 Å². The fraction of sp³-hybridized carbons (Fsp3) is 0.227. The smallest absolute Gasteiger partial charge is 0.274 e. The van der Waals surface area contributed by atoms with E-state index in [1.807, 2.05) is 44.2 Å². The van der Waals surface area contributed by atoms with Gasteiger partial charge in [-0.25, -0.2) is 9.97 Å². The van der Waals surface area contributed by atoms with Crippen LogP contribution in [-0.2, 0) is 6.42 Å². The van der Waals surface area contributed by atoms with Crippen molar-refractivity contribution in [3.63, 3.8) is 0 Å². The lowest BCUT2D eigenvalue weighted by atomic mass is 10.0. The Morgan fingerprint density at radius 3 is 2.74 bits per heavy atom.